The molecule has 0 unspecified atom stereocenters. The molecule has 1 aromatic heterocycles. The van der Waals surface area contributed by atoms with Crippen molar-refractivity contribution in [3.63, 3.8) is 0 Å². The summed E-state index contributed by atoms with van der Waals surface area (Å²) in [5.74, 6) is 2.21. The van der Waals surface area contributed by atoms with Gasteiger partial charge in [0.2, 0.25) is 5.95 Å². The first kappa shape index (κ1) is 24.7. The third kappa shape index (κ3) is 5.74. The van der Waals surface area contributed by atoms with E-state index in [1.807, 2.05) is 91.9 Å². The van der Waals surface area contributed by atoms with Crippen molar-refractivity contribution < 1.29 is 9.47 Å². The molecule has 0 saturated heterocycles. The Morgan fingerprint density at radius 1 is 0.865 bits per heavy atom. The fourth-order valence-corrected chi connectivity index (χ4v) is 4.62. The topological polar surface area (TPSA) is 59.8 Å². The zero-order chi connectivity index (χ0) is 25.6. The minimum Gasteiger partial charge on any atom is -0.457 e. The third-order valence-electron chi connectivity index (χ3n) is 6.55. The monoisotopic (exact) mass is 496 g/mol. The van der Waals surface area contributed by atoms with Gasteiger partial charge >= 0.3 is 0 Å². The number of hydrogen-bond acceptors (Lipinski definition) is 6. The molecular formula is C30H32N4O3. The van der Waals surface area contributed by atoms with Crippen LogP contribution < -0.4 is 15.2 Å². The lowest BCUT2D eigenvalue weighted by Crippen LogP contribution is -2.48. The number of aromatic nitrogens is 2. The standard InChI is InChI=1S/C30H32N4O3/c1-23-28(20-24-10-5-3-6-11-24)29(35)34-22-32(18-9-19-36-2)21-33(30(34)31-23)25-14-16-27(17-15-25)37-26-12-7-4-8-13-26/h3-8,10-17H,9,18-22H2,1-2H3. The summed E-state index contributed by atoms with van der Waals surface area (Å²) in [6.45, 7) is 4.55. The van der Waals surface area contributed by atoms with Crippen molar-refractivity contribution >= 4 is 11.6 Å². The van der Waals surface area contributed by atoms with E-state index in [-0.39, 0.29) is 5.56 Å². The summed E-state index contributed by atoms with van der Waals surface area (Å²) in [6, 6.07) is 27.7. The van der Waals surface area contributed by atoms with E-state index in [2.05, 4.69) is 9.80 Å². The molecule has 0 amide bonds. The van der Waals surface area contributed by atoms with Crippen molar-refractivity contribution in [2.24, 2.45) is 0 Å². The Morgan fingerprint density at radius 2 is 1.54 bits per heavy atom. The fourth-order valence-electron chi connectivity index (χ4n) is 4.62. The van der Waals surface area contributed by atoms with Gasteiger partial charge in [0.1, 0.15) is 11.5 Å². The van der Waals surface area contributed by atoms with Crippen LogP contribution in [0.3, 0.4) is 0 Å². The van der Waals surface area contributed by atoms with Crippen LogP contribution in [0, 0.1) is 6.92 Å². The molecule has 7 nitrogen and oxygen atoms in total. The summed E-state index contributed by atoms with van der Waals surface area (Å²) in [6.07, 6.45) is 1.45. The van der Waals surface area contributed by atoms with Crippen molar-refractivity contribution in [3.05, 3.63) is 112 Å². The molecule has 0 saturated carbocycles. The van der Waals surface area contributed by atoms with E-state index < -0.39 is 0 Å². The van der Waals surface area contributed by atoms with Crippen LogP contribution in [0.5, 0.6) is 11.5 Å². The Balaban J connectivity index is 1.47. The zero-order valence-electron chi connectivity index (χ0n) is 21.3. The first-order chi connectivity index (χ1) is 18.1. The molecule has 1 aliphatic heterocycles. The van der Waals surface area contributed by atoms with Crippen LogP contribution in [-0.4, -0.2) is 41.4 Å². The fraction of sp³-hybridized carbons (Fsp3) is 0.267. The van der Waals surface area contributed by atoms with Gasteiger partial charge < -0.3 is 9.47 Å². The Bertz CT molecular complexity index is 1370. The maximum atomic E-state index is 13.8. The lowest BCUT2D eigenvalue weighted by Gasteiger charge is -2.38. The van der Waals surface area contributed by atoms with Crippen molar-refractivity contribution in [2.45, 2.75) is 26.4 Å². The molecule has 4 aromatic rings. The van der Waals surface area contributed by atoms with Crippen LogP contribution >= 0.6 is 0 Å². The van der Waals surface area contributed by atoms with Crippen molar-refractivity contribution in [1.29, 1.82) is 0 Å². The molecule has 0 radical (unpaired) electrons. The van der Waals surface area contributed by atoms with Gasteiger partial charge in [-0.25, -0.2) is 4.98 Å². The number of nitrogens with zero attached hydrogens (tertiary/aromatic N) is 4. The number of aryl methyl sites for hydroxylation is 1. The number of fused-ring (bicyclic) bond motifs is 1. The highest BCUT2D eigenvalue weighted by atomic mass is 16.5. The summed E-state index contributed by atoms with van der Waals surface area (Å²) in [5.41, 5.74) is 3.57. The van der Waals surface area contributed by atoms with Crippen LogP contribution in [-0.2, 0) is 17.8 Å². The predicted octanol–water partition coefficient (Wildman–Crippen LogP) is 5.34. The molecule has 0 N–H and O–H groups in total. The molecule has 0 fully saturated rings. The largest absolute Gasteiger partial charge is 0.457 e. The van der Waals surface area contributed by atoms with Crippen LogP contribution in [0.25, 0.3) is 0 Å². The maximum absolute atomic E-state index is 13.8. The molecule has 1 aliphatic rings. The van der Waals surface area contributed by atoms with Crippen LogP contribution in [0.15, 0.2) is 89.7 Å². The highest BCUT2D eigenvalue weighted by molar-refractivity contribution is 5.60. The molecule has 7 heteroatoms. The van der Waals surface area contributed by atoms with Gasteiger partial charge in [0.15, 0.2) is 0 Å². The second-order valence-corrected chi connectivity index (χ2v) is 9.23. The number of ether oxygens (including phenoxy) is 2. The minimum atomic E-state index is 0.0109. The molecular weight excluding hydrogens is 464 g/mol. The third-order valence-corrected chi connectivity index (χ3v) is 6.55. The van der Waals surface area contributed by atoms with E-state index in [0.29, 0.717) is 32.3 Å². The lowest BCUT2D eigenvalue weighted by molar-refractivity contribution is 0.150. The number of rotatable bonds is 9. The van der Waals surface area contributed by atoms with E-state index >= 15 is 0 Å². The van der Waals surface area contributed by atoms with Crippen molar-refractivity contribution in [3.8, 4) is 11.5 Å². The van der Waals surface area contributed by atoms with Crippen molar-refractivity contribution in [2.75, 3.05) is 31.8 Å². The molecule has 0 bridgehead atoms. The van der Waals surface area contributed by atoms with E-state index in [1.165, 1.54) is 0 Å². The van der Waals surface area contributed by atoms with Crippen molar-refractivity contribution in [1.82, 2.24) is 14.5 Å². The van der Waals surface area contributed by atoms with E-state index in [0.717, 1.165) is 47.0 Å². The number of methoxy groups -OCH3 is 1. The first-order valence-electron chi connectivity index (χ1n) is 12.6. The molecule has 190 valence electrons. The Kier molecular flexibility index (Phi) is 7.63. The number of benzene rings is 3. The number of hydrogen-bond donors (Lipinski definition) is 0. The average molecular weight is 497 g/mol. The molecule has 2 heterocycles. The molecule has 5 rings (SSSR count). The Hall–Kier alpha value is -3.94. The minimum absolute atomic E-state index is 0.0109. The van der Waals surface area contributed by atoms with E-state index in [9.17, 15) is 4.79 Å². The summed E-state index contributed by atoms with van der Waals surface area (Å²) in [7, 11) is 1.71. The van der Waals surface area contributed by atoms with Gasteiger partial charge in [0.25, 0.3) is 5.56 Å². The first-order valence-corrected chi connectivity index (χ1v) is 12.6. The van der Waals surface area contributed by atoms with Gasteiger partial charge in [-0.15, -0.1) is 0 Å². The van der Waals surface area contributed by atoms with Crippen LogP contribution in [0.4, 0.5) is 11.6 Å². The number of para-hydroxylation sites is 1. The second kappa shape index (κ2) is 11.4. The number of anilines is 2. The summed E-state index contributed by atoms with van der Waals surface area (Å²) in [5, 5.41) is 0. The van der Waals surface area contributed by atoms with E-state index in [1.54, 1.807) is 11.7 Å². The average Bonchev–Trinajstić information content (AvgIpc) is 2.93. The van der Waals surface area contributed by atoms with Gasteiger partial charge in [-0.1, -0.05) is 48.5 Å². The molecule has 0 aliphatic carbocycles. The second-order valence-electron chi connectivity index (χ2n) is 9.23. The highest BCUT2D eigenvalue weighted by Gasteiger charge is 2.27. The van der Waals surface area contributed by atoms with E-state index in [4.69, 9.17) is 14.5 Å². The lowest BCUT2D eigenvalue weighted by atomic mass is 10.1. The van der Waals surface area contributed by atoms with Gasteiger partial charge in [-0.05, 0) is 55.3 Å². The molecule has 3 aromatic carbocycles. The zero-order valence-corrected chi connectivity index (χ0v) is 21.3. The highest BCUT2D eigenvalue weighted by Crippen LogP contribution is 2.30. The predicted molar refractivity (Wildman–Crippen MR) is 146 cm³/mol. The molecule has 0 spiro atoms. The molecule has 0 atom stereocenters. The maximum Gasteiger partial charge on any atom is 0.259 e. The van der Waals surface area contributed by atoms with Gasteiger partial charge in [0.05, 0.1) is 19.0 Å². The van der Waals surface area contributed by atoms with Crippen LogP contribution in [0.1, 0.15) is 23.2 Å². The normalized spacial score (nSPS) is 13.4. The summed E-state index contributed by atoms with van der Waals surface area (Å²) < 4.78 is 13.0. The summed E-state index contributed by atoms with van der Waals surface area (Å²) in [4.78, 5) is 23.1. The smallest absolute Gasteiger partial charge is 0.259 e. The van der Waals surface area contributed by atoms with Gasteiger partial charge in [-0.2, -0.15) is 0 Å². The Labute approximate surface area is 217 Å². The quantitative estimate of drug-likeness (QED) is 0.292. The van der Waals surface area contributed by atoms with Gasteiger partial charge in [-0.3, -0.25) is 19.2 Å². The molecule has 37 heavy (non-hydrogen) atoms. The SMILES string of the molecule is COCCCN1CN(c2ccc(Oc3ccccc3)cc2)c2nc(C)c(Cc3ccccc3)c(=O)n2C1. The summed E-state index contributed by atoms with van der Waals surface area (Å²) >= 11 is 0. The van der Waals surface area contributed by atoms with Gasteiger partial charge in [0, 0.05) is 37.9 Å². The Morgan fingerprint density at radius 3 is 2.24 bits per heavy atom. The van der Waals surface area contributed by atoms with Crippen LogP contribution in [0.2, 0.25) is 0 Å².